The SMILES string of the molecule is COC(=O)c1c(CBr)n(C(=O)OC(C)(C)C)c2ccccc12. The van der Waals surface area contributed by atoms with Crippen LogP contribution in [0, 0.1) is 0 Å². The molecule has 0 aliphatic carbocycles. The van der Waals surface area contributed by atoms with Crippen LogP contribution in [0.4, 0.5) is 4.79 Å². The van der Waals surface area contributed by atoms with Gasteiger partial charge in [-0.3, -0.25) is 0 Å². The number of halogens is 1. The highest BCUT2D eigenvalue weighted by molar-refractivity contribution is 9.08. The Morgan fingerprint density at radius 3 is 2.41 bits per heavy atom. The largest absolute Gasteiger partial charge is 0.465 e. The van der Waals surface area contributed by atoms with Crippen molar-refractivity contribution < 1.29 is 19.1 Å². The highest BCUT2D eigenvalue weighted by Gasteiger charge is 2.28. The smallest absolute Gasteiger partial charge is 0.419 e. The van der Waals surface area contributed by atoms with E-state index in [0.29, 0.717) is 27.5 Å². The van der Waals surface area contributed by atoms with E-state index in [1.165, 1.54) is 11.7 Å². The van der Waals surface area contributed by atoms with Crippen LogP contribution in [0.2, 0.25) is 0 Å². The third-order valence-corrected chi connectivity index (χ3v) is 3.60. The molecule has 0 saturated carbocycles. The molecule has 2 aromatic rings. The Morgan fingerprint density at radius 1 is 1.23 bits per heavy atom. The second kappa shape index (κ2) is 6.12. The van der Waals surface area contributed by atoms with E-state index in [9.17, 15) is 9.59 Å². The van der Waals surface area contributed by atoms with Gasteiger partial charge in [-0.05, 0) is 26.8 Å². The highest BCUT2D eigenvalue weighted by atomic mass is 79.9. The Hall–Kier alpha value is -1.82. The van der Waals surface area contributed by atoms with E-state index in [1.807, 2.05) is 12.1 Å². The van der Waals surface area contributed by atoms with Crippen molar-refractivity contribution in [2.24, 2.45) is 0 Å². The van der Waals surface area contributed by atoms with E-state index < -0.39 is 17.7 Å². The number of fused-ring (bicyclic) bond motifs is 1. The summed E-state index contributed by atoms with van der Waals surface area (Å²) in [5.41, 5.74) is 0.882. The maximum Gasteiger partial charge on any atom is 0.419 e. The number of ether oxygens (including phenoxy) is 2. The summed E-state index contributed by atoms with van der Waals surface area (Å²) < 4.78 is 11.7. The Labute approximate surface area is 137 Å². The van der Waals surface area contributed by atoms with Crippen LogP contribution in [0.15, 0.2) is 24.3 Å². The molecular formula is C16H18BrNO4. The molecule has 0 radical (unpaired) electrons. The summed E-state index contributed by atoms with van der Waals surface area (Å²) in [4.78, 5) is 24.7. The summed E-state index contributed by atoms with van der Waals surface area (Å²) in [6.45, 7) is 5.39. The van der Waals surface area contributed by atoms with Crippen molar-refractivity contribution in [2.45, 2.75) is 31.7 Å². The molecule has 0 spiro atoms. The number of carbonyl (C=O) groups is 2. The number of para-hydroxylation sites is 1. The molecule has 0 unspecified atom stereocenters. The monoisotopic (exact) mass is 367 g/mol. The first kappa shape index (κ1) is 16.5. The molecule has 1 heterocycles. The van der Waals surface area contributed by atoms with Crippen LogP contribution >= 0.6 is 15.9 Å². The van der Waals surface area contributed by atoms with Crippen molar-refractivity contribution in [3.8, 4) is 0 Å². The number of carbonyl (C=O) groups excluding carboxylic acids is 2. The standard InChI is InChI=1S/C16H18BrNO4/c1-16(2,3)22-15(20)18-11-8-6-5-7-10(11)13(12(18)9-17)14(19)21-4/h5-8H,9H2,1-4H3. The third kappa shape index (κ3) is 3.02. The lowest BCUT2D eigenvalue weighted by molar-refractivity contribution is 0.0541. The van der Waals surface area contributed by atoms with Gasteiger partial charge in [0.15, 0.2) is 0 Å². The molecule has 0 aliphatic rings. The van der Waals surface area contributed by atoms with Crippen LogP contribution in [-0.4, -0.2) is 29.3 Å². The Balaban J connectivity index is 2.73. The second-order valence-corrected chi connectivity index (χ2v) is 6.34. The molecule has 2 rings (SSSR count). The lowest BCUT2D eigenvalue weighted by Gasteiger charge is -2.20. The topological polar surface area (TPSA) is 57.5 Å². The average molecular weight is 368 g/mol. The number of alkyl halides is 1. The van der Waals surface area contributed by atoms with E-state index in [4.69, 9.17) is 9.47 Å². The minimum absolute atomic E-state index is 0.325. The maximum atomic E-state index is 12.5. The van der Waals surface area contributed by atoms with Crippen LogP contribution in [0.25, 0.3) is 10.9 Å². The van der Waals surface area contributed by atoms with Crippen molar-refractivity contribution in [2.75, 3.05) is 7.11 Å². The first-order valence-corrected chi connectivity index (χ1v) is 7.92. The van der Waals surface area contributed by atoms with Crippen molar-refractivity contribution in [3.05, 3.63) is 35.5 Å². The van der Waals surface area contributed by atoms with Crippen LogP contribution < -0.4 is 0 Å². The molecule has 1 aromatic heterocycles. The summed E-state index contributed by atoms with van der Waals surface area (Å²) in [6.07, 6.45) is -0.520. The molecular weight excluding hydrogens is 350 g/mol. The summed E-state index contributed by atoms with van der Waals surface area (Å²) in [5, 5.41) is 0.986. The number of nitrogens with zero attached hydrogens (tertiary/aromatic N) is 1. The Morgan fingerprint density at radius 2 is 1.86 bits per heavy atom. The molecule has 5 nitrogen and oxygen atoms in total. The minimum atomic E-state index is -0.628. The fourth-order valence-electron chi connectivity index (χ4n) is 2.27. The summed E-state index contributed by atoms with van der Waals surface area (Å²) in [5.74, 6) is -0.479. The predicted molar refractivity (Wildman–Crippen MR) is 87.5 cm³/mol. The minimum Gasteiger partial charge on any atom is -0.465 e. The van der Waals surface area contributed by atoms with Gasteiger partial charge >= 0.3 is 12.1 Å². The maximum absolute atomic E-state index is 12.5. The fraction of sp³-hybridized carbons (Fsp3) is 0.375. The first-order valence-electron chi connectivity index (χ1n) is 6.80. The van der Waals surface area contributed by atoms with Gasteiger partial charge in [0.2, 0.25) is 0 Å². The van der Waals surface area contributed by atoms with Gasteiger partial charge < -0.3 is 9.47 Å². The van der Waals surface area contributed by atoms with E-state index in [0.717, 1.165) is 0 Å². The summed E-state index contributed by atoms with van der Waals surface area (Å²) >= 11 is 3.35. The number of aromatic nitrogens is 1. The van der Waals surface area contributed by atoms with Gasteiger partial charge in [0.1, 0.15) is 5.60 Å². The van der Waals surface area contributed by atoms with Gasteiger partial charge in [0.05, 0.1) is 23.9 Å². The van der Waals surface area contributed by atoms with Gasteiger partial charge in [-0.1, -0.05) is 34.1 Å². The van der Waals surface area contributed by atoms with Crippen LogP contribution in [0.5, 0.6) is 0 Å². The molecule has 0 amide bonds. The van der Waals surface area contributed by atoms with E-state index >= 15 is 0 Å². The van der Waals surface area contributed by atoms with Gasteiger partial charge in [-0.25, -0.2) is 14.2 Å². The third-order valence-electron chi connectivity index (χ3n) is 3.06. The van der Waals surface area contributed by atoms with Crippen molar-refractivity contribution in [1.82, 2.24) is 4.57 Å². The number of hydrogen-bond acceptors (Lipinski definition) is 4. The normalized spacial score (nSPS) is 11.5. The number of rotatable bonds is 2. The van der Waals surface area contributed by atoms with Crippen molar-refractivity contribution >= 4 is 38.9 Å². The number of benzene rings is 1. The fourth-order valence-corrected chi connectivity index (χ4v) is 2.80. The lowest BCUT2D eigenvalue weighted by atomic mass is 10.1. The molecule has 1 aromatic carbocycles. The molecule has 0 atom stereocenters. The molecule has 0 saturated heterocycles. The van der Waals surface area contributed by atoms with E-state index in [2.05, 4.69) is 15.9 Å². The van der Waals surface area contributed by atoms with Gasteiger partial charge in [0, 0.05) is 10.7 Å². The van der Waals surface area contributed by atoms with Crippen molar-refractivity contribution in [1.29, 1.82) is 0 Å². The number of hydrogen-bond donors (Lipinski definition) is 0. The van der Waals surface area contributed by atoms with Gasteiger partial charge in [-0.15, -0.1) is 0 Å². The first-order chi connectivity index (χ1) is 10.3. The van der Waals surface area contributed by atoms with Crippen LogP contribution in [0.1, 0.15) is 36.8 Å². The Kier molecular flexibility index (Phi) is 4.60. The van der Waals surface area contributed by atoms with Gasteiger partial charge in [0.25, 0.3) is 0 Å². The zero-order valence-electron chi connectivity index (χ0n) is 13.0. The lowest BCUT2D eigenvalue weighted by Crippen LogP contribution is -2.28. The van der Waals surface area contributed by atoms with Crippen LogP contribution in [-0.2, 0) is 14.8 Å². The molecule has 0 bridgehead atoms. The number of methoxy groups -OCH3 is 1. The molecule has 0 N–H and O–H groups in total. The van der Waals surface area contributed by atoms with Crippen molar-refractivity contribution in [3.63, 3.8) is 0 Å². The zero-order chi connectivity index (χ0) is 16.5. The zero-order valence-corrected chi connectivity index (χ0v) is 14.6. The Bertz CT molecular complexity index is 728. The summed E-state index contributed by atoms with van der Waals surface area (Å²) in [6, 6.07) is 7.18. The van der Waals surface area contributed by atoms with Gasteiger partial charge in [-0.2, -0.15) is 0 Å². The molecule has 0 aliphatic heterocycles. The van der Waals surface area contributed by atoms with Crippen LogP contribution in [0.3, 0.4) is 0 Å². The summed E-state index contributed by atoms with van der Waals surface area (Å²) in [7, 11) is 1.32. The average Bonchev–Trinajstić information content (AvgIpc) is 2.78. The molecule has 6 heteroatoms. The molecule has 118 valence electrons. The second-order valence-electron chi connectivity index (χ2n) is 5.78. The van der Waals surface area contributed by atoms with E-state index in [1.54, 1.807) is 32.9 Å². The molecule has 0 fully saturated rings. The molecule has 22 heavy (non-hydrogen) atoms. The quantitative estimate of drug-likeness (QED) is 0.592. The van der Waals surface area contributed by atoms with E-state index in [-0.39, 0.29) is 0 Å². The predicted octanol–water partition coefficient (Wildman–Crippen LogP) is 4.11. The number of esters is 1. The highest BCUT2D eigenvalue weighted by Crippen LogP contribution is 2.29.